The number of H-pyrrole nitrogens is 4. The van der Waals surface area contributed by atoms with Crippen molar-refractivity contribution in [3.8, 4) is 6.07 Å². The number of ketones is 1. The number of anilines is 1. The molecule has 65 heavy (non-hydrogen) atoms. The maximum Gasteiger partial charge on any atom is 0.357 e. The smallest absolute Gasteiger partial charge is 0.357 e. The first-order chi connectivity index (χ1) is 31.2. The number of halogens is 5. The molecule has 23 heteroatoms. The minimum absolute atomic E-state index is 0.00231. The van der Waals surface area contributed by atoms with Crippen molar-refractivity contribution in [1.29, 1.82) is 5.26 Å². The van der Waals surface area contributed by atoms with Gasteiger partial charge in [0.15, 0.2) is 17.1 Å². The van der Waals surface area contributed by atoms with E-state index in [0.29, 0.717) is 58.3 Å². The first-order valence-corrected chi connectivity index (χ1v) is 20.5. The summed E-state index contributed by atoms with van der Waals surface area (Å²) < 4.78 is 0. The van der Waals surface area contributed by atoms with Crippen molar-refractivity contribution in [2.75, 3.05) is 18.4 Å². The fourth-order valence-corrected chi connectivity index (χ4v) is 7.09. The number of amidine groups is 1. The Morgan fingerprint density at radius 2 is 1.11 bits per heavy atom. The molecule has 2 amide bonds. The highest BCUT2D eigenvalue weighted by Crippen LogP contribution is 2.26. The number of primary amides is 1. The molecule has 0 saturated heterocycles. The van der Waals surface area contributed by atoms with Crippen LogP contribution in [0.1, 0.15) is 42.7 Å². The lowest BCUT2D eigenvalue weighted by Crippen LogP contribution is -2.20. The van der Waals surface area contributed by atoms with Gasteiger partial charge in [-0.1, -0.05) is 58.0 Å². The minimum atomic E-state index is -1.06. The summed E-state index contributed by atoms with van der Waals surface area (Å²) in [7, 11) is 0. The van der Waals surface area contributed by atoms with Gasteiger partial charge in [-0.2, -0.15) is 25.7 Å². The van der Waals surface area contributed by atoms with Crippen LogP contribution in [0.15, 0.2) is 96.0 Å². The lowest BCUT2D eigenvalue weighted by Gasteiger charge is -1.98. The average molecular weight is 972 g/mol. The van der Waals surface area contributed by atoms with E-state index in [1.54, 1.807) is 66.7 Å². The molecule has 0 saturated carbocycles. The number of nitrogens with zero attached hydrogens (tertiary/aromatic N) is 6. The van der Waals surface area contributed by atoms with Crippen LogP contribution in [-0.2, 0) is 4.79 Å². The van der Waals surface area contributed by atoms with Crippen molar-refractivity contribution in [3.05, 3.63) is 144 Å². The van der Waals surface area contributed by atoms with Gasteiger partial charge in [-0.15, -0.1) is 0 Å². The number of Topliss-reactive ketones (excluding diaryl/α,β-unsaturated/α-hetero) is 1. The van der Waals surface area contributed by atoms with Crippen LogP contribution in [0, 0.1) is 11.3 Å². The molecule has 5 aromatic carbocycles. The second-order valence-electron chi connectivity index (χ2n) is 13.5. The number of carboxylic acids is 1. The molecule has 9 aromatic rings. The second kappa shape index (κ2) is 19.9. The maximum atomic E-state index is 11.1. The highest BCUT2D eigenvalue weighted by molar-refractivity contribution is 6.52. The first-order valence-electron chi connectivity index (χ1n) is 18.6. The number of nitrogens with one attached hydrogen (secondary N) is 6. The van der Waals surface area contributed by atoms with Crippen LogP contribution in [0.5, 0.6) is 0 Å². The van der Waals surface area contributed by atoms with Gasteiger partial charge in [0.2, 0.25) is 0 Å². The topological polar surface area (TPSA) is 289 Å². The third kappa shape index (κ3) is 10.5. The van der Waals surface area contributed by atoms with Gasteiger partial charge < -0.3 is 21.5 Å². The normalized spacial score (nSPS) is 12.3. The van der Waals surface area contributed by atoms with Crippen LogP contribution < -0.4 is 16.4 Å². The average Bonchev–Trinajstić information content (AvgIpc) is 4.15. The largest absolute Gasteiger partial charge is 0.476 e. The predicted molar refractivity (Wildman–Crippen MR) is 248 cm³/mol. The predicted octanol–water partition coefficient (Wildman–Crippen LogP) is 8.36. The number of hydrogen-bond acceptors (Lipinski definition) is 11. The molecule has 0 aliphatic carbocycles. The van der Waals surface area contributed by atoms with Gasteiger partial charge in [0.1, 0.15) is 17.6 Å². The molecule has 0 radical (unpaired) electrons. The van der Waals surface area contributed by atoms with Gasteiger partial charge in [-0.25, -0.2) is 4.79 Å². The minimum Gasteiger partial charge on any atom is -0.476 e. The van der Waals surface area contributed by atoms with Crippen molar-refractivity contribution >= 4 is 137 Å². The zero-order valence-electron chi connectivity index (χ0n) is 32.8. The molecule has 326 valence electrons. The van der Waals surface area contributed by atoms with E-state index in [1.807, 2.05) is 24.3 Å². The summed E-state index contributed by atoms with van der Waals surface area (Å²) in [6.07, 6.45) is 0. The van der Waals surface area contributed by atoms with Gasteiger partial charge in [0, 0.05) is 53.2 Å². The number of carboxylic acid groups (broad SMARTS) is 1. The number of carbonyl (C=O) groups is 4. The van der Waals surface area contributed by atoms with E-state index in [9.17, 15) is 19.2 Å². The zero-order valence-corrected chi connectivity index (χ0v) is 36.6. The molecule has 9 N–H and O–H groups in total. The Morgan fingerprint density at radius 3 is 1.66 bits per heavy atom. The van der Waals surface area contributed by atoms with Crippen LogP contribution in [0.2, 0.25) is 25.1 Å². The number of nitrogens with two attached hydrogens (primary N) is 1. The molecule has 2 aliphatic heterocycles. The number of aromatic amines is 4. The van der Waals surface area contributed by atoms with E-state index < -0.39 is 23.6 Å². The van der Waals surface area contributed by atoms with Gasteiger partial charge in [0.05, 0.1) is 39.9 Å². The lowest BCUT2D eigenvalue weighted by molar-refractivity contribution is -0.112. The Bertz CT molecular complexity index is 3300. The van der Waals surface area contributed by atoms with Crippen LogP contribution >= 0.6 is 58.0 Å². The van der Waals surface area contributed by atoms with E-state index in [4.69, 9.17) is 74.1 Å². The summed E-state index contributed by atoms with van der Waals surface area (Å²) in [6.45, 7) is 1.69. The summed E-state index contributed by atoms with van der Waals surface area (Å²) in [6, 6.07) is 27.7. The summed E-state index contributed by atoms with van der Waals surface area (Å²) in [4.78, 5) is 47.8. The number of aromatic carboxylic acids is 1. The van der Waals surface area contributed by atoms with E-state index in [2.05, 4.69) is 56.4 Å². The monoisotopic (exact) mass is 969 g/mol. The van der Waals surface area contributed by atoms with Crippen molar-refractivity contribution < 1.29 is 24.3 Å². The number of amides is 2. The summed E-state index contributed by atoms with van der Waals surface area (Å²) in [5, 5.41) is 55.3. The number of benzene rings is 5. The highest BCUT2D eigenvalue weighted by Gasteiger charge is 2.27. The molecule has 0 atom stereocenters. The fraction of sp³-hybridized carbons (Fsp3) is 0.0476. The standard InChI is InChI=1S/C10H9ClN4.C8H6ClN3O.C8H4ClN3.C8H5ClN2O2.C8H4ClNO2/c11-6-1-2-8-7(5-6)9(15-14-8)10-12-3-4-13-10;9-4-1-2-6-5(3-4)7(8(10)13)12-11-6;9-5-1-2-7-6(3-5)8(4-10)12-11-7;9-4-1-2-6-5(3-4)7(8(12)13)11-10-6;9-4-1-2-6-5(3-4)7(11)8(12)10-6/h1-2,5H,3-4H2,(H,12,13)(H,14,15);1-3H,(H2,10,13)(H,11,12);1-3H,(H,11,12);1-3H,(H,10,11)(H,12,13);1-3H,(H,10,11,12). The van der Waals surface area contributed by atoms with Crippen molar-refractivity contribution in [2.45, 2.75) is 0 Å². The summed E-state index contributed by atoms with van der Waals surface area (Å²) in [5.41, 5.74) is 10.7. The SMILES string of the molecule is Clc1ccc2[nH]nc(C3=NCCN3)c2c1.N#Cc1n[nH]c2ccc(Cl)cc12.NC(=O)c1n[nH]c2ccc(Cl)cc12.O=C(O)c1n[nH]c2ccc(Cl)cc12.O=C1Nc2ccc(Cl)cc2C1=O. The zero-order chi connectivity index (χ0) is 46.4. The molecule has 6 heterocycles. The molecular formula is C42H28Cl5N13O5. The fourth-order valence-electron chi connectivity index (χ4n) is 6.23. The Hall–Kier alpha value is -7.53. The Kier molecular flexibility index (Phi) is 13.9. The third-order valence-corrected chi connectivity index (χ3v) is 10.4. The highest BCUT2D eigenvalue weighted by atomic mass is 35.5. The maximum absolute atomic E-state index is 11.1. The molecule has 4 aromatic heterocycles. The summed E-state index contributed by atoms with van der Waals surface area (Å²) >= 11 is 28.8. The van der Waals surface area contributed by atoms with Gasteiger partial charge in [-0.3, -0.25) is 39.8 Å². The number of fused-ring (bicyclic) bond motifs is 5. The van der Waals surface area contributed by atoms with Crippen LogP contribution in [0.25, 0.3) is 43.6 Å². The van der Waals surface area contributed by atoms with Gasteiger partial charge >= 0.3 is 5.97 Å². The Morgan fingerprint density at radius 1 is 0.631 bits per heavy atom. The third-order valence-electron chi connectivity index (χ3n) is 9.22. The van der Waals surface area contributed by atoms with Crippen molar-refractivity contribution in [2.24, 2.45) is 10.7 Å². The van der Waals surface area contributed by atoms with Crippen LogP contribution in [0.4, 0.5) is 5.69 Å². The molecule has 0 spiro atoms. The van der Waals surface area contributed by atoms with E-state index in [0.717, 1.165) is 51.9 Å². The van der Waals surface area contributed by atoms with Crippen LogP contribution in [0.3, 0.4) is 0 Å². The second-order valence-corrected chi connectivity index (χ2v) is 15.6. The quantitative estimate of drug-likeness (QED) is 0.0778. The van der Waals surface area contributed by atoms with Crippen molar-refractivity contribution in [1.82, 2.24) is 46.1 Å². The summed E-state index contributed by atoms with van der Waals surface area (Å²) in [5.74, 6) is -1.88. The number of hydrogen-bond donors (Lipinski definition) is 8. The molecular weight excluding hydrogens is 944 g/mol. The van der Waals surface area contributed by atoms with Crippen molar-refractivity contribution in [3.63, 3.8) is 0 Å². The number of rotatable bonds is 3. The van der Waals surface area contributed by atoms with E-state index in [-0.39, 0.29) is 11.4 Å². The molecule has 0 fully saturated rings. The first kappa shape index (κ1) is 45.5. The molecule has 0 bridgehead atoms. The number of aliphatic imine (C=N–C) groups is 1. The molecule has 2 aliphatic rings. The van der Waals surface area contributed by atoms with Gasteiger partial charge in [0.25, 0.3) is 17.6 Å². The molecule has 11 rings (SSSR count). The van der Waals surface area contributed by atoms with Crippen LogP contribution in [-0.4, -0.2) is 88.4 Å². The number of aromatic nitrogens is 8. The Balaban J connectivity index is 0.000000122. The number of carbonyl (C=O) groups excluding carboxylic acids is 3. The molecule has 18 nitrogen and oxygen atoms in total. The number of nitriles is 1. The molecule has 0 unspecified atom stereocenters. The Labute approximate surface area is 390 Å². The van der Waals surface area contributed by atoms with E-state index in [1.165, 1.54) is 6.07 Å². The lowest BCUT2D eigenvalue weighted by atomic mass is 10.1. The van der Waals surface area contributed by atoms with E-state index >= 15 is 0 Å². The van der Waals surface area contributed by atoms with Gasteiger partial charge in [-0.05, 0) is 91.0 Å².